The zero-order chi connectivity index (χ0) is 15.5. The third-order valence-corrected chi connectivity index (χ3v) is 6.13. The molecule has 1 aliphatic heterocycles. The lowest BCUT2D eigenvalue weighted by molar-refractivity contribution is 0.269. The Morgan fingerprint density at radius 2 is 1.81 bits per heavy atom. The second kappa shape index (κ2) is 6.87. The van der Waals surface area contributed by atoms with Crippen LogP contribution in [0, 0.1) is 5.92 Å². The number of hydrogen-bond acceptors (Lipinski definition) is 3. The smallest absolute Gasteiger partial charge is 0.282 e. The maximum Gasteiger partial charge on any atom is 0.282 e. The van der Waals surface area contributed by atoms with Crippen LogP contribution in [0.5, 0.6) is 0 Å². The van der Waals surface area contributed by atoms with Crippen molar-refractivity contribution in [1.29, 1.82) is 0 Å². The molecule has 0 aromatic heterocycles. The maximum absolute atomic E-state index is 12.6. The molecule has 0 atom stereocenters. The van der Waals surface area contributed by atoms with Gasteiger partial charge in [-0.1, -0.05) is 31.2 Å². The van der Waals surface area contributed by atoms with Crippen molar-refractivity contribution in [1.82, 2.24) is 8.61 Å². The molecule has 1 aliphatic rings. The molecule has 118 valence electrons. The molecule has 0 bridgehead atoms. The molecule has 5 nitrogen and oxygen atoms in total. The van der Waals surface area contributed by atoms with Crippen LogP contribution in [-0.2, 0) is 23.3 Å². The fraction of sp³-hybridized carbons (Fsp3) is 0.600. The van der Waals surface area contributed by atoms with Crippen LogP contribution in [0.15, 0.2) is 24.3 Å². The Labute approximate surface area is 127 Å². The molecule has 0 spiro atoms. The Hall–Kier alpha value is -0.950. The molecule has 1 aromatic carbocycles. The summed E-state index contributed by atoms with van der Waals surface area (Å²) in [6.45, 7) is 4.19. The molecule has 0 amide bonds. The summed E-state index contributed by atoms with van der Waals surface area (Å²) in [4.78, 5) is 0. The lowest BCUT2D eigenvalue weighted by Crippen LogP contribution is -2.45. The summed E-state index contributed by atoms with van der Waals surface area (Å²) >= 11 is 0. The molecule has 1 aromatic rings. The first-order chi connectivity index (χ1) is 9.95. The molecular formula is C15H25N3O2S. The Morgan fingerprint density at radius 3 is 2.38 bits per heavy atom. The van der Waals surface area contributed by atoms with Crippen LogP contribution in [0.2, 0.25) is 0 Å². The summed E-state index contributed by atoms with van der Waals surface area (Å²) in [6.07, 6.45) is 1.87. The molecule has 1 fully saturated rings. The summed E-state index contributed by atoms with van der Waals surface area (Å²) in [5, 5.41) is 0. The SMILES string of the molecule is CC1CCN(S(=O)(=O)N(C)Cc2ccccc2CN)CC1. The maximum atomic E-state index is 12.6. The van der Waals surface area contributed by atoms with Crippen molar-refractivity contribution in [2.45, 2.75) is 32.9 Å². The summed E-state index contributed by atoms with van der Waals surface area (Å²) in [6, 6.07) is 7.72. The summed E-state index contributed by atoms with van der Waals surface area (Å²) in [5.41, 5.74) is 7.68. The van der Waals surface area contributed by atoms with E-state index in [0.29, 0.717) is 32.1 Å². The predicted molar refractivity (Wildman–Crippen MR) is 84.7 cm³/mol. The number of nitrogens with two attached hydrogens (primary N) is 1. The van der Waals surface area contributed by atoms with E-state index in [2.05, 4.69) is 6.92 Å². The minimum Gasteiger partial charge on any atom is -0.326 e. The van der Waals surface area contributed by atoms with E-state index in [-0.39, 0.29) is 0 Å². The van der Waals surface area contributed by atoms with E-state index in [4.69, 9.17) is 5.73 Å². The molecule has 6 heteroatoms. The van der Waals surface area contributed by atoms with Gasteiger partial charge in [-0.25, -0.2) is 0 Å². The Bertz CT molecular complexity index is 566. The number of benzene rings is 1. The second-order valence-electron chi connectivity index (χ2n) is 5.82. The third-order valence-electron chi connectivity index (χ3n) is 4.19. The monoisotopic (exact) mass is 311 g/mol. The van der Waals surface area contributed by atoms with Gasteiger partial charge in [0.1, 0.15) is 0 Å². The molecule has 0 unspecified atom stereocenters. The molecule has 1 heterocycles. The van der Waals surface area contributed by atoms with Crippen LogP contribution in [-0.4, -0.2) is 37.2 Å². The lowest BCUT2D eigenvalue weighted by Gasteiger charge is -2.32. The van der Waals surface area contributed by atoms with Gasteiger partial charge in [0.2, 0.25) is 0 Å². The largest absolute Gasteiger partial charge is 0.326 e. The minimum absolute atomic E-state index is 0.363. The number of nitrogens with zero attached hydrogens (tertiary/aromatic N) is 2. The van der Waals surface area contributed by atoms with E-state index in [9.17, 15) is 8.42 Å². The molecule has 0 aliphatic carbocycles. The Morgan fingerprint density at radius 1 is 1.24 bits per heavy atom. The number of rotatable bonds is 5. The number of piperidine rings is 1. The van der Waals surface area contributed by atoms with Gasteiger partial charge in [0, 0.05) is 33.2 Å². The van der Waals surface area contributed by atoms with Gasteiger partial charge in [0.25, 0.3) is 10.2 Å². The standard InChI is InChI=1S/C15H25N3O2S/c1-13-7-9-18(10-8-13)21(19,20)17(2)12-15-6-4-3-5-14(15)11-16/h3-6,13H,7-12,16H2,1-2H3. The summed E-state index contributed by atoms with van der Waals surface area (Å²) in [5.74, 6) is 0.611. The zero-order valence-corrected chi connectivity index (χ0v) is 13.6. The van der Waals surface area contributed by atoms with Crippen molar-refractivity contribution >= 4 is 10.2 Å². The van der Waals surface area contributed by atoms with Crippen LogP contribution in [0.4, 0.5) is 0 Å². The van der Waals surface area contributed by atoms with Crippen molar-refractivity contribution in [3.8, 4) is 0 Å². The minimum atomic E-state index is -3.38. The third kappa shape index (κ3) is 3.83. The normalized spacial score (nSPS) is 18.3. The quantitative estimate of drug-likeness (QED) is 0.897. The predicted octanol–water partition coefficient (Wildman–Crippen LogP) is 1.55. The molecule has 1 saturated heterocycles. The lowest BCUT2D eigenvalue weighted by atomic mass is 10.0. The van der Waals surface area contributed by atoms with E-state index in [1.54, 1.807) is 11.4 Å². The Kier molecular flexibility index (Phi) is 5.37. The van der Waals surface area contributed by atoms with E-state index in [1.165, 1.54) is 4.31 Å². The van der Waals surface area contributed by atoms with Crippen molar-refractivity contribution in [3.05, 3.63) is 35.4 Å². The fourth-order valence-electron chi connectivity index (χ4n) is 2.65. The summed E-state index contributed by atoms with van der Waals surface area (Å²) < 4.78 is 28.3. The van der Waals surface area contributed by atoms with Gasteiger partial charge in [-0.3, -0.25) is 0 Å². The van der Waals surface area contributed by atoms with Gasteiger partial charge in [-0.05, 0) is 29.9 Å². The van der Waals surface area contributed by atoms with Crippen LogP contribution in [0.25, 0.3) is 0 Å². The first kappa shape index (κ1) is 16.4. The highest BCUT2D eigenvalue weighted by molar-refractivity contribution is 7.86. The first-order valence-electron chi connectivity index (χ1n) is 7.43. The summed E-state index contributed by atoms with van der Waals surface area (Å²) in [7, 11) is -1.74. The second-order valence-corrected chi connectivity index (χ2v) is 7.85. The van der Waals surface area contributed by atoms with E-state index >= 15 is 0 Å². The molecular weight excluding hydrogens is 286 g/mol. The van der Waals surface area contributed by atoms with Gasteiger partial charge in [-0.15, -0.1) is 0 Å². The van der Waals surface area contributed by atoms with Gasteiger partial charge >= 0.3 is 0 Å². The van der Waals surface area contributed by atoms with Crippen molar-refractivity contribution in [2.24, 2.45) is 11.7 Å². The van der Waals surface area contributed by atoms with Crippen LogP contribution in [0.3, 0.4) is 0 Å². The van der Waals surface area contributed by atoms with E-state index in [1.807, 2.05) is 24.3 Å². The van der Waals surface area contributed by atoms with Crippen LogP contribution >= 0.6 is 0 Å². The van der Waals surface area contributed by atoms with Gasteiger partial charge < -0.3 is 5.73 Å². The zero-order valence-electron chi connectivity index (χ0n) is 12.8. The van der Waals surface area contributed by atoms with E-state index in [0.717, 1.165) is 24.0 Å². The Balaban J connectivity index is 2.10. The van der Waals surface area contributed by atoms with E-state index < -0.39 is 10.2 Å². The fourth-order valence-corrected chi connectivity index (χ4v) is 4.01. The van der Waals surface area contributed by atoms with Gasteiger partial charge in [-0.2, -0.15) is 17.0 Å². The van der Waals surface area contributed by atoms with Crippen molar-refractivity contribution < 1.29 is 8.42 Å². The van der Waals surface area contributed by atoms with Crippen molar-refractivity contribution in [3.63, 3.8) is 0 Å². The molecule has 21 heavy (non-hydrogen) atoms. The van der Waals surface area contributed by atoms with Gasteiger partial charge in [0.05, 0.1) is 0 Å². The first-order valence-corrected chi connectivity index (χ1v) is 8.83. The molecule has 0 radical (unpaired) electrons. The average molecular weight is 311 g/mol. The number of hydrogen-bond donors (Lipinski definition) is 1. The van der Waals surface area contributed by atoms with Crippen LogP contribution < -0.4 is 5.73 Å². The average Bonchev–Trinajstić information content (AvgIpc) is 2.48. The van der Waals surface area contributed by atoms with Gasteiger partial charge in [0.15, 0.2) is 0 Å². The van der Waals surface area contributed by atoms with Crippen LogP contribution in [0.1, 0.15) is 30.9 Å². The van der Waals surface area contributed by atoms with Crippen molar-refractivity contribution in [2.75, 3.05) is 20.1 Å². The topological polar surface area (TPSA) is 66.6 Å². The molecule has 2 rings (SSSR count). The highest BCUT2D eigenvalue weighted by Crippen LogP contribution is 2.21. The highest BCUT2D eigenvalue weighted by Gasteiger charge is 2.30. The highest BCUT2D eigenvalue weighted by atomic mass is 32.2. The molecule has 0 saturated carbocycles. The molecule has 2 N–H and O–H groups in total.